The Morgan fingerprint density at radius 1 is 0.889 bits per heavy atom. The predicted octanol–water partition coefficient (Wildman–Crippen LogP) is 3.30. The number of hydrogen-bond acceptors (Lipinski definition) is 7. The zero-order valence-corrected chi connectivity index (χ0v) is 24.7. The lowest BCUT2D eigenvalue weighted by atomic mass is 9.51. The smallest absolute Gasteiger partial charge is 0.488 e. The maximum absolute atomic E-state index is 14.4. The molecule has 6 atom stereocenters. The summed E-state index contributed by atoms with van der Waals surface area (Å²) in [6, 6.07) is 16.0. The summed E-state index contributed by atoms with van der Waals surface area (Å²) < 4.78 is 14.0. The Balaban J connectivity index is 1.35. The normalized spacial score (nSPS) is 29.0. The Bertz CT molecular complexity index is 1850. The predicted molar refractivity (Wildman–Crippen MR) is 163 cm³/mol. The van der Waals surface area contributed by atoms with Gasteiger partial charge in [0.2, 0.25) is 23.6 Å². The molecule has 3 N–H and O–H groups in total. The number of aromatic hydroxyl groups is 1. The van der Waals surface area contributed by atoms with Crippen LogP contribution in [-0.2, 0) is 19.2 Å². The molecule has 12 heteroatoms. The molecule has 45 heavy (non-hydrogen) atoms. The highest BCUT2D eigenvalue weighted by Gasteiger charge is 2.67. The fraction of sp³-hybridized carbons (Fsp3) is 0.273. The molecule has 4 amide bonds. The summed E-state index contributed by atoms with van der Waals surface area (Å²) in [6.45, 7) is 1.71. The van der Waals surface area contributed by atoms with Crippen molar-refractivity contribution < 1.29 is 38.7 Å². The van der Waals surface area contributed by atoms with Gasteiger partial charge in [0.15, 0.2) is 0 Å². The van der Waals surface area contributed by atoms with Crippen LogP contribution in [-0.4, -0.2) is 45.9 Å². The number of carbonyl (C=O) groups excluding carboxylic acids is 4. The summed E-state index contributed by atoms with van der Waals surface area (Å²) in [7, 11) is -1.79. The van der Waals surface area contributed by atoms with Crippen LogP contribution in [0.4, 0.5) is 15.8 Å². The molecule has 1 saturated carbocycles. The van der Waals surface area contributed by atoms with E-state index in [0.717, 1.165) is 21.4 Å². The lowest BCUT2D eigenvalue weighted by Gasteiger charge is -2.49. The van der Waals surface area contributed by atoms with Crippen molar-refractivity contribution in [2.24, 2.45) is 29.1 Å². The molecule has 0 unspecified atom stereocenters. The summed E-state index contributed by atoms with van der Waals surface area (Å²) in [5, 5.41) is 29.6. The largest absolute Gasteiger partial charge is 0.508 e. The minimum Gasteiger partial charge on any atom is -0.508 e. The molecule has 2 saturated heterocycles. The topological polar surface area (TPSA) is 135 Å². The van der Waals surface area contributed by atoms with Crippen molar-refractivity contribution in [2.45, 2.75) is 25.7 Å². The van der Waals surface area contributed by atoms with Gasteiger partial charge in [0.1, 0.15) is 11.6 Å². The number of anilines is 2. The molecule has 0 aromatic heterocycles. The number of nitrogens with zero attached hydrogens (tertiary/aromatic N) is 2. The number of amides is 4. The van der Waals surface area contributed by atoms with E-state index in [1.807, 2.05) is 6.08 Å². The standard InChI is InChI=1S/C33H27BClFN2O7/c1-33-24(30(41)38(32(33)43)19-8-11-26(36)25(35)14-19)15-23-21(28(33)16-4-2-7-20(39)12-16)9-10-22-27(23)31(42)37(29(22)40)18-6-3-5-17(13-18)34(44)45/h2-9,11-14,22-24,27-28,39,44-45H,10,15H2,1H3/t22-,23+,24-,27-,28-,33+/m0/s1. The molecule has 3 aromatic rings. The van der Waals surface area contributed by atoms with E-state index in [1.54, 1.807) is 25.1 Å². The first-order chi connectivity index (χ1) is 21.4. The zero-order chi connectivity index (χ0) is 31.9. The summed E-state index contributed by atoms with van der Waals surface area (Å²) in [5.74, 6) is -6.43. The first-order valence-electron chi connectivity index (χ1n) is 14.6. The molecule has 0 radical (unpaired) electrons. The van der Waals surface area contributed by atoms with Crippen molar-refractivity contribution in [3.8, 4) is 5.75 Å². The SMILES string of the molecule is C[C@@]12C(=O)N(c3ccc(F)c(Cl)c3)C(=O)[C@@H]1C[C@@H]1C(=CC[C@@H]3C(=O)N(c4cccc(B(O)O)c4)C(=O)[C@@H]31)[C@@H]2c1cccc(O)c1. The van der Waals surface area contributed by atoms with Crippen LogP contribution in [0.25, 0.3) is 0 Å². The molecule has 2 aliphatic heterocycles. The van der Waals surface area contributed by atoms with Crippen LogP contribution in [0, 0.1) is 34.9 Å². The molecule has 2 heterocycles. The number of phenols is 1. The average molecular weight is 629 g/mol. The molecule has 0 spiro atoms. The molecule has 228 valence electrons. The fourth-order valence-electron chi connectivity index (χ4n) is 8.05. The Morgan fingerprint density at radius 2 is 1.62 bits per heavy atom. The van der Waals surface area contributed by atoms with E-state index in [2.05, 4.69) is 0 Å². The van der Waals surface area contributed by atoms with Gasteiger partial charge >= 0.3 is 7.12 Å². The summed E-state index contributed by atoms with van der Waals surface area (Å²) in [5.41, 5.74) is 0.440. The summed E-state index contributed by atoms with van der Waals surface area (Å²) >= 11 is 6.04. The van der Waals surface area contributed by atoms with Crippen molar-refractivity contribution >= 4 is 59.2 Å². The van der Waals surface area contributed by atoms with Gasteiger partial charge in [0, 0.05) is 5.92 Å². The minimum atomic E-state index is -1.79. The van der Waals surface area contributed by atoms with Crippen LogP contribution in [0.1, 0.15) is 31.2 Å². The highest BCUT2D eigenvalue weighted by atomic mass is 35.5. The number of halogens is 2. The fourth-order valence-corrected chi connectivity index (χ4v) is 8.22. The maximum Gasteiger partial charge on any atom is 0.488 e. The lowest BCUT2D eigenvalue weighted by molar-refractivity contribution is -0.131. The van der Waals surface area contributed by atoms with Crippen LogP contribution in [0.3, 0.4) is 0 Å². The van der Waals surface area contributed by atoms with Gasteiger partial charge in [-0.05, 0) is 79.2 Å². The zero-order valence-electron chi connectivity index (χ0n) is 23.9. The average Bonchev–Trinajstić information content (AvgIpc) is 3.38. The van der Waals surface area contributed by atoms with Gasteiger partial charge in [-0.2, -0.15) is 0 Å². The molecular weight excluding hydrogens is 602 g/mol. The second-order valence-electron chi connectivity index (χ2n) is 12.3. The molecule has 3 aromatic carbocycles. The van der Waals surface area contributed by atoms with Crippen LogP contribution >= 0.6 is 11.6 Å². The van der Waals surface area contributed by atoms with Gasteiger partial charge in [0.05, 0.1) is 39.6 Å². The second-order valence-corrected chi connectivity index (χ2v) is 12.7. The highest BCUT2D eigenvalue weighted by molar-refractivity contribution is 6.58. The number of fused-ring (bicyclic) bond motifs is 4. The first-order valence-corrected chi connectivity index (χ1v) is 15.0. The minimum absolute atomic E-state index is 0.0350. The van der Waals surface area contributed by atoms with Gasteiger partial charge in [-0.25, -0.2) is 9.29 Å². The number of benzene rings is 3. The molecule has 3 fully saturated rings. The number of hydrogen-bond donors (Lipinski definition) is 3. The second kappa shape index (κ2) is 10.4. The number of carbonyl (C=O) groups is 4. The summed E-state index contributed by atoms with van der Waals surface area (Å²) in [6.07, 6.45) is 2.21. The van der Waals surface area contributed by atoms with Gasteiger partial charge in [0.25, 0.3) is 0 Å². The first kappa shape index (κ1) is 29.4. The third-order valence-corrected chi connectivity index (χ3v) is 10.4. The van der Waals surface area contributed by atoms with Crippen LogP contribution in [0.15, 0.2) is 78.4 Å². The molecule has 7 rings (SSSR count). The molecule has 0 bridgehead atoms. The van der Waals surface area contributed by atoms with E-state index in [9.17, 15) is 38.7 Å². The van der Waals surface area contributed by atoms with Crippen molar-refractivity contribution in [2.75, 3.05) is 9.80 Å². The van der Waals surface area contributed by atoms with E-state index in [0.29, 0.717) is 5.56 Å². The maximum atomic E-state index is 14.4. The van der Waals surface area contributed by atoms with Crippen LogP contribution in [0.5, 0.6) is 5.75 Å². The Labute approximate surface area is 262 Å². The quantitative estimate of drug-likeness (QED) is 0.229. The number of imide groups is 2. The van der Waals surface area contributed by atoms with Gasteiger partial charge < -0.3 is 15.2 Å². The van der Waals surface area contributed by atoms with Crippen LogP contribution in [0.2, 0.25) is 5.02 Å². The van der Waals surface area contributed by atoms with Gasteiger partial charge in [-0.15, -0.1) is 0 Å². The lowest BCUT2D eigenvalue weighted by Crippen LogP contribution is -2.48. The van der Waals surface area contributed by atoms with E-state index in [-0.39, 0.29) is 40.5 Å². The molecular formula is C33H27BClFN2O7. The third-order valence-electron chi connectivity index (χ3n) is 10.1. The Morgan fingerprint density at radius 3 is 2.33 bits per heavy atom. The monoisotopic (exact) mass is 628 g/mol. The number of rotatable bonds is 4. The van der Waals surface area contributed by atoms with Crippen molar-refractivity contribution in [1.29, 1.82) is 0 Å². The third kappa shape index (κ3) is 4.21. The van der Waals surface area contributed by atoms with Crippen LogP contribution < -0.4 is 15.3 Å². The van der Waals surface area contributed by atoms with Crippen molar-refractivity contribution in [1.82, 2.24) is 0 Å². The van der Waals surface area contributed by atoms with Gasteiger partial charge in [-0.3, -0.25) is 24.1 Å². The molecule has 4 aliphatic rings. The molecule has 9 nitrogen and oxygen atoms in total. The van der Waals surface area contributed by atoms with E-state index < -0.39 is 71.6 Å². The Hall–Kier alpha value is -4.32. The van der Waals surface area contributed by atoms with Gasteiger partial charge in [-0.1, -0.05) is 47.5 Å². The highest BCUT2D eigenvalue weighted by Crippen LogP contribution is 2.63. The molecule has 2 aliphatic carbocycles. The van der Waals surface area contributed by atoms with E-state index in [4.69, 9.17) is 11.6 Å². The number of allylic oxidation sites excluding steroid dienone is 2. The number of phenolic OH excluding ortho intramolecular Hbond substituents is 1. The van der Waals surface area contributed by atoms with Crippen molar-refractivity contribution in [3.05, 3.63) is 94.8 Å². The van der Waals surface area contributed by atoms with E-state index in [1.165, 1.54) is 42.5 Å². The Kier molecular flexibility index (Phi) is 6.77. The summed E-state index contributed by atoms with van der Waals surface area (Å²) in [4.78, 5) is 58.6. The van der Waals surface area contributed by atoms with E-state index >= 15 is 0 Å². The van der Waals surface area contributed by atoms with Crippen molar-refractivity contribution in [3.63, 3.8) is 0 Å².